The number of ether oxygens (including phenoxy) is 3. The van der Waals surface area contributed by atoms with Gasteiger partial charge in [-0.2, -0.15) is 0 Å². The molecule has 1 fully saturated rings. The topological polar surface area (TPSA) is 161 Å². The van der Waals surface area contributed by atoms with Gasteiger partial charge in [-0.1, -0.05) is 80.9 Å². The van der Waals surface area contributed by atoms with Crippen molar-refractivity contribution in [3.05, 3.63) is 71.8 Å². The third-order valence-electron chi connectivity index (χ3n) is 8.00. The molecule has 0 aliphatic heterocycles. The van der Waals surface area contributed by atoms with Gasteiger partial charge in [0.1, 0.15) is 23.8 Å². The minimum atomic E-state index is -1.09. The predicted octanol–water partition coefficient (Wildman–Crippen LogP) is 4.55. The first-order valence-electron chi connectivity index (χ1n) is 16.5. The van der Waals surface area contributed by atoms with Crippen molar-refractivity contribution in [2.75, 3.05) is 6.61 Å². The molecule has 0 bridgehead atoms. The van der Waals surface area contributed by atoms with Gasteiger partial charge >= 0.3 is 18.2 Å². The van der Waals surface area contributed by atoms with E-state index in [1.165, 1.54) is 0 Å². The van der Waals surface area contributed by atoms with Gasteiger partial charge in [0, 0.05) is 6.42 Å². The summed E-state index contributed by atoms with van der Waals surface area (Å²) in [4.78, 5) is 65.9. The number of alkyl carbamates (subject to hydrolysis) is 2. The Morgan fingerprint density at radius 2 is 1.38 bits per heavy atom. The molecule has 1 aliphatic carbocycles. The second-order valence-electron chi connectivity index (χ2n) is 13.2. The van der Waals surface area contributed by atoms with Crippen molar-refractivity contribution in [3.63, 3.8) is 0 Å². The molecule has 2 aromatic carbocycles. The molecular formula is C36H50N4O8. The van der Waals surface area contributed by atoms with Crippen molar-refractivity contribution >= 4 is 30.0 Å². The molecule has 2 aromatic rings. The van der Waals surface area contributed by atoms with E-state index in [0.717, 1.165) is 11.1 Å². The van der Waals surface area contributed by atoms with Crippen LogP contribution in [0.15, 0.2) is 60.7 Å². The SMILES string of the molecule is CCOC(=O)C1(NC(=O)[C@@H](NC(=O)C[C@H](NC(=O)OCc2ccccc2)C(Cc2ccccc2)NC(=O)OC(C)(C)C)[C@@H](C)CC)CC1. The summed E-state index contributed by atoms with van der Waals surface area (Å²) in [6.07, 6.45) is -0.109. The van der Waals surface area contributed by atoms with Gasteiger partial charge in [0.25, 0.3) is 0 Å². The standard InChI is InChI=1S/C36H50N4O8/c1-7-24(3)30(31(42)40-36(19-20-36)32(43)46-8-2)39-29(41)22-28(37-33(44)47-23-26-17-13-10-14-18-26)27(21-25-15-11-9-12-16-25)38-34(45)48-35(4,5)6/h9-18,24,27-28,30H,7-8,19-23H2,1-6H3,(H,37,44)(H,38,45)(H,39,41)(H,40,42)/t24-,27?,28-,30-/m0/s1. The van der Waals surface area contributed by atoms with Crippen LogP contribution in [0.3, 0.4) is 0 Å². The van der Waals surface area contributed by atoms with Crippen LogP contribution >= 0.6 is 0 Å². The molecule has 0 saturated heterocycles. The van der Waals surface area contributed by atoms with E-state index in [4.69, 9.17) is 14.2 Å². The summed E-state index contributed by atoms with van der Waals surface area (Å²) in [5, 5.41) is 11.2. The smallest absolute Gasteiger partial charge is 0.407 e. The van der Waals surface area contributed by atoms with Crippen LogP contribution < -0.4 is 21.3 Å². The number of amides is 4. The normalized spacial score (nSPS) is 15.8. The number of esters is 1. The van der Waals surface area contributed by atoms with E-state index in [0.29, 0.717) is 19.3 Å². The highest BCUT2D eigenvalue weighted by Gasteiger charge is 2.53. The van der Waals surface area contributed by atoms with Gasteiger partial charge in [-0.3, -0.25) is 9.59 Å². The van der Waals surface area contributed by atoms with Crippen LogP contribution in [-0.2, 0) is 41.6 Å². The molecule has 0 spiro atoms. The number of carbonyl (C=O) groups excluding carboxylic acids is 5. The Morgan fingerprint density at radius 1 is 0.792 bits per heavy atom. The molecule has 0 heterocycles. The van der Waals surface area contributed by atoms with Crippen LogP contribution in [0, 0.1) is 5.92 Å². The van der Waals surface area contributed by atoms with E-state index in [1.54, 1.807) is 27.7 Å². The molecule has 48 heavy (non-hydrogen) atoms. The Hall–Kier alpha value is -4.61. The van der Waals surface area contributed by atoms with Crippen LogP contribution in [0.4, 0.5) is 9.59 Å². The summed E-state index contributed by atoms with van der Waals surface area (Å²) in [6.45, 7) is 10.8. The number of nitrogens with one attached hydrogen (secondary N) is 4. The average Bonchev–Trinajstić information content (AvgIpc) is 3.82. The summed E-state index contributed by atoms with van der Waals surface area (Å²) >= 11 is 0. The van der Waals surface area contributed by atoms with Crippen molar-refractivity contribution in [2.24, 2.45) is 5.92 Å². The molecule has 1 aliphatic rings. The first kappa shape index (κ1) is 37.8. The van der Waals surface area contributed by atoms with Crippen molar-refractivity contribution < 1.29 is 38.2 Å². The third kappa shape index (κ3) is 12.2. The van der Waals surface area contributed by atoms with Crippen LogP contribution in [0.5, 0.6) is 0 Å². The highest BCUT2D eigenvalue weighted by Crippen LogP contribution is 2.37. The third-order valence-corrected chi connectivity index (χ3v) is 8.00. The monoisotopic (exact) mass is 666 g/mol. The van der Waals surface area contributed by atoms with Gasteiger partial charge in [0.2, 0.25) is 11.8 Å². The zero-order chi connectivity index (χ0) is 35.3. The number of rotatable bonds is 16. The van der Waals surface area contributed by atoms with Crippen LogP contribution in [-0.4, -0.2) is 65.8 Å². The first-order valence-corrected chi connectivity index (χ1v) is 16.5. The number of hydrogen-bond acceptors (Lipinski definition) is 8. The lowest BCUT2D eigenvalue weighted by atomic mass is 9.95. The molecule has 0 radical (unpaired) electrons. The molecule has 262 valence electrons. The zero-order valence-corrected chi connectivity index (χ0v) is 28.8. The minimum absolute atomic E-state index is 0.00703. The maximum Gasteiger partial charge on any atom is 0.407 e. The number of carbonyl (C=O) groups is 5. The minimum Gasteiger partial charge on any atom is -0.464 e. The average molecular weight is 667 g/mol. The fourth-order valence-corrected chi connectivity index (χ4v) is 5.05. The Labute approximate surface area is 283 Å². The molecule has 4 amide bonds. The molecule has 3 rings (SSSR count). The first-order chi connectivity index (χ1) is 22.7. The Balaban J connectivity index is 1.85. The molecule has 1 saturated carbocycles. The molecule has 4 atom stereocenters. The molecule has 4 N–H and O–H groups in total. The number of hydrogen-bond donors (Lipinski definition) is 4. The lowest BCUT2D eigenvalue weighted by molar-refractivity contribution is -0.149. The maximum absolute atomic E-state index is 13.7. The van der Waals surface area contributed by atoms with Crippen LogP contribution in [0.1, 0.15) is 78.4 Å². The zero-order valence-electron chi connectivity index (χ0n) is 28.8. The van der Waals surface area contributed by atoms with Gasteiger partial charge < -0.3 is 35.5 Å². The Kier molecular flexibility index (Phi) is 13.8. The van der Waals surface area contributed by atoms with Gasteiger partial charge in [0.05, 0.1) is 18.7 Å². The van der Waals surface area contributed by atoms with E-state index in [-0.39, 0.29) is 32.0 Å². The fraction of sp³-hybridized carbons (Fsp3) is 0.528. The van der Waals surface area contributed by atoms with Crippen LogP contribution in [0.2, 0.25) is 0 Å². The molecule has 1 unspecified atom stereocenters. The molecular weight excluding hydrogens is 616 g/mol. The summed E-state index contributed by atoms with van der Waals surface area (Å²) in [5.41, 5.74) is -0.272. The maximum atomic E-state index is 13.7. The Bertz CT molecular complexity index is 1380. The van der Waals surface area contributed by atoms with E-state index >= 15 is 0 Å². The highest BCUT2D eigenvalue weighted by atomic mass is 16.6. The molecule has 12 nitrogen and oxygen atoms in total. The van der Waals surface area contributed by atoms with E-state index in [2.05, 4.69) is 21.3 Å². The Morgan fingerprint density at radius 3 is 1.92 bits per heavy atom. The summed E-state index contributed by atoms with van der Waals surface area (Å²) in [5.74, 6) is -1.83. The van der Waals surface area contributed by atoms with E-state index in [9.17, 15) is 24.0 Å². The van der Waals surface area contributed by atoms with Gasteiger partial charge in [-0.05, 0) is 64.0 Å². The lowest BCUT2D eigenvalue weighted by Gasteiger charge is -2.31. The summed E-state index contributed by atoms with van der Waals surface area (Å²) < 4.78 is 16.1. The largest absolute Gasteiger partial charge is 0.464 e. The van der Waals surface area contributed by atoms with Crippen molar-refractivity contribution in [1.82, 2.24) is 21.3 Å². The van der Waals surface area contributed by atoms with E-state index < -0.39 is 59.2 Å². The van der Waals surface area contributed by atoms with Gasteiger partial charge in [-0.25, -0.2) is 14.4 Å². The van der Waals surface area contributed by atoms with Gasteiger partial charge in [-0.15, -0.1) is 0 Å². The van der Waals surface area contributed by atoms with Crippen LogP contribution in [0.25, 0.3) is 0 Å². The van der Waals surface area contributed by atoms with Gasteiger partial charge in [0.15, 0.2) is 0 Å². The quantitative estimate of drug-likeness (QED) is 0.150. The second-order valence-corrected chi connectivity index (χ2v) is 13.2. The second kappa shape index (κ2) is 17.5. The number of benzene rings is 2. The lowest BCUT2D eigenvalue weighted by Crippen LogP contribution is -2.58. The fourth-order valence-electron chi connectivity index (χ4n) is 5.05. The predicted molar refractivity (Wildman–Crippen MR) is 180 cm³/mol. The summed E-state index contributed by atoms with van der Waals surface area (Å²) in [7, 11) is 0. The van der Waals surface area contributed by atoms with Crippen molar-refractivity contribution in [2.45, 2.75) is 110 Å². The molecule has 12 heteroatoms. The van der Waals surface area contributed by atoms with Crippen molar-refractivity contribution in [3.8, 4) is 0 Å². The molecule has 0 aromatic heterocycles. The van der Waals surface area contributed by atoms with E-state index in [1.807, 2.05) is 74.5 Å². The summed E-state index contributed by atoms with van der Waals surface area (Å²) in [6, 6.07) is 15.7. The highest BCUT2D eigenvalue weighted by molar-refractivity contribution is 5.94. The van der Waals surface area contributed by atoms with Crippen molar-refractivity contribution in [1.29, 1.82) is 0 Å².